The van der Waals surface area contributed by atoms with Crippen LogP contribution < -0.4 is 0 Å². The van der Waals surface area contributed by atoms with Crippen molar-refractivity contribution in [2.75, 3.05) is 13.1 Å². The van der Waals surface area contributed by atoms with E-state index in [-0.39, 0.29) is 24.1 Å². The lowest BCUT2D eigenvalue weighted by atomic mass is 9.81. The van der Waals surface area contributed by atoms with Crippen molar-refractivity contribution >= 4 is 17.6 Å². The SMILES string of the molecule is Cc1cc(C(=O)N2C[C@@H]3CCC[C@@]3(C(=O)O)C2)ccc1[N+](=O)[O-]. The first kappa shape index (κ1) is 15.5. The van der Waals surface area contributed by atoms with Crippen LogP contribution in [0.1, 0.15) is 35.2 Å². The summed E-state index contributed by atoms with van der Waals surface area (Å²) in [6.07, 6.45) is 2.32. The average Bonchev–Trinajstić information content (AvgIpc) is 3.03. The number of nitro groups is 1. The summed E-state index contributed by atoms with van der Waals surface area (Å²) in [5.41, 5.74) is -0.0467. The number of carboxylic acid groups (broad SMARTS) is 1. The van der Waals surface area contributed by atoms with E-state index in [2.05, 4.69) is 0 Å². The molecule has 3 rings (SSSR count). The minimum Gasteiger partial charge on any atom is -0.481 e. The molecule has 2 atom stereocenters. The molecule has 7 heteroatoms. The number of hydrogen-bond donors (Lipinski definition) is 1. The topological polar surface area (TPSA) is 101 Å². The van der Waals surface area contributed by atoms with Crippen molar-refractivity contribution in [2.45, 2.75) is 26.2 Å². The molecule has 1 saturated carbocycles. The van der Waals surface area contributed by atoms with Crippen molar-refractivity contribution in [3.63, 3.8) is 0 Å². The number of carboxylic acids is 1. The molecule has 23 heavy (non-hydrogen) atoms. The lowest BCUT2D eigenvalue weighted by molar-refractivity contribution is -0.385. The number of nitrogens with zero attached hydrogens (tertiary/aromatic N) is 2. The van der Waals surface area contributed by atoms with Crippen LogP contribution >= 0.6 is 0 Å². The largest absolute Gasteiger partial charge is 0.481 e. The monoisotopic (exact) mass is 318 g/mol. The molecular weight excluding hydrogens is 300 g/mol. The third-order valence-electron chi connectivity index (χ3n) is 5.22. The summed E-state index contributed by atoms with van der Waals surface area (Å²) in [7, 11) is 0. The molecule has 0 unspecified atom stereocenters. The van der Waals surface area contributed by atoms with Crippen LogP contribution in [0.5, 0.6) is 0 Å². The zero-order valence-corrected chi connectivity index (χ0v) is 12.8. The molecule has 1 aromatic carbocycles. The quantitative estimate of drug-likeness (QED) is 0.680. The second-order valence-electron chi connectivity index (χ2n) is 6.49. The Bertz CT molecular complexity index is 702. The van der Waals surface area contributed by atoms with Crippen LogP contribution in [0.2, 0.25) is 0 Å². The zero-order chi connectivity index (χ0) is 16.8. The van der Waals surface area contributed by atoms with E-state index in [1.54, 1.807) is 11.8 Å². The van der Waals surface area contributed by atoms with Crippen molar-refractivity contribution in [3.05, 3.63) is 39.4 Å². The number of aryl methyl sites for hydroxylation is 1. The molecule has 0 bridgehead atoms. The first-order valence-corrected chi connectivity index (χ1v) is 7.63. The van der Waals surface area contributed by atoms with Crippen molar-refractivity contribution in [1.29, 1.82) is 0 Å². The number of amides is 1. The first-order valence-electron chi connectivity index (χ1n) is 7.63. The van der Waals surface area contributed by atoms with Crippen molar-refractivity contribution in [1.82, 2.24) is 4.90 Å². The second kappa shape index (κ2) is 5.33. The van der Waals surface area contributed by atoms with Gasteiger partial charge in [0.25, 0.3) is 11.6 Å². The normalized spacial score (nSPS) is 26.1. The molecule has 0 spiro atoms. The van der Waals surface area contributed by atoms with Crippen LogP contribution in [0.3, 0.4) is 0 Å². The highest BCUT2D eigenvalue weighted by Gasteiger charge is 2.55. The fourth-order valence-corrected chi connectivity index (χ4v) is 3.97. The first-order chi connectivity index (χ1) is 10.8. The van der Waals surface area contributed by atoms with Gasteiger partial charge in [-0.1, -0.05) is 6.42 Å². The van der Waals surface area contributed by atoms with E-state index in [0.29, 0.717) is 24.1 Å². The van der Waals surface area contributed by atoms with Crippen LogP contribution in [0, 0.1) is 28.4 Å². The number of fused-ring (bicyclic) bond motifs is 1. The maximum Gasteiger partial charge on any atom is 0.311 e. The molecule has 1 aliphatic heterocycles. The Kier molecular flexibility index (Phi) is 3.58. The van der Waals surface area contributed by atoms with Gasteiger partial charge in [-0.25, -0.2) is 0 Å². The molecule has 1 aliphatic carbocycles. The van der Waals surface area contributed by atoms with E-state index >= 15 is 0 Å². The smallest absolute Gasteiger partial charge is 0.311 e. The molecule has 1 saturated heterocycles. The Balaban J connectivity index is 1.84. The van der Waals surface area contributed by atoms with Gasteiger partial charge in [-0.3, -0.25) is 19.7 Å². The number of benzene rings is 1. The van der Waals surface area contributed by atoms with Gasteiger partial charge in [0.2, 0.25) is 0 Å². The molecule has 2 aliphatic rings. The van der Waals surface area contributed by atoms with Gasteiger partial charge in [-0.15, -0.1) is 0 Å². The predicted octanol–water partition coefficient (Wildman–Crippen LogP) is 2.23. The van der Waals surface area contributed by atoms with Crippen LogP contribution in [0.25, 0.3) is 0 Å². The third-order valence-corrected chi connectivity index (χ3v) is 5.22. The Morgan fingerprint density at radius 3 is 2.74 bits per heavy atom. The molecule has 2 fully saturated rings. The third kappa shape index (κ3) is 2.36. The van der Waals surface area contributed by atoms with Gasteiger partial charge in [-0.05, 0) is 37.8 Å². The summed E-state index contributed by atoms with van der Waals surface area (Å²) in [5.74, 6) is -1.07. The Morgan fingerprint density at radius 2 is 2.17 bits per heavy atom. The van der Waals surface area contributed by atoms with Crippen molar-refractivity contribution in [3.8, 4) is 0 Å². The molecule has 1 aromatic rings. The minimum atomic E-state index is -0.824. The standard InChI is InChI=1S/C16H18N2O5/c1-10-7-11(4-5-13(10)18(22)23)14(19)17-8-12-3-2-6-16(12,9-17)15(20)21/h4-5,7,12H,2-3,6,8-9H2,1H3,(H,20,21)/t12-,16+/m0/s1. The summed E-state index contributed by atoms with van der Waals surface area (Å²) < 4.78 is 0. The van der Waals surface area contributed by atoms with E-state index in [9.17, 15) is 24.8 Å². The van der Waals surface area contributed by atoms with Gasteiger partial charge in [0, 0.05) is 30.3 Å². The van der Waals surface area contributed by atoms with Gasteiger partial charge in [-0.2, -0.15) is 0 Å². The molecule has 7 nitrogen and oxygen atoms in total. The van der Waals surface area contributed by atoms with Gasteiger partial charge < -0.3 is 10.0 Å². The van der Waals surface area contributed by atoms with E-state index in [4.69, 9.17) is 0 Å². The lowest BCUT2D eigenvalue weighted by Crippen LogP contribution is -2.37. The molecule has 1 amide bonds. The summed E-state index contributed by atoms with van der Waals surface area (Å²) in [4.78, 5) is 36.3. The maximum atomic E-state index is 12.6. The van der Waals surface area contributed by atoms with Crippen LogP contribution in [0.4, 0.5) is 5.69 Å². The van der Waals surface area contributed by atoms with Gasteiger partial charge in [0.05, 0.1) is 10.3 Å². The summed E-state index contributed by atoms with van der Waals surface area (Å²) >= 11 is 0. The molecule has 0 radical (unpaired) electrons. The summed E-state index contributed by atoms with van der Waals surface area (Å²) in [6, 6.07) is 4.27. The van der Waals surface area contributed by atoms with Gasteiger partial charge >= 0.3 is 5.97 Å². The molecule has 1 N–H and O–H groups in total. The highest BCUT2D eigenvalue weighted by molar-refractivity contribution is 5.95. The fourth-order valence-electron chi connectivity index (χ4n) is 3.97. The van der Waals surface area contributed by atoms with E-state index in [0.717, 1.165) is 12.8 Å². The number of rotatable bonds is 3. The van der Waals surface area contributed by atoms with E-state index in [1.807, 2.05) is 0 Å². The number of hydrogen-bond acceptors (Lipinski definition) is 4. The molecule has 122 valence electrons. The average molecular weight is 318 g/mol. The molecule has 1 heterocycles. The van der Waals surface area contributed by atoms with Gasteiger partial charge in [0.1, 0.15) is 0 Å². The number of carbonyl (C=O) groups is 2. The highest BCUT2D eigenvalue weighted by atomic mass is 16.6. The van der Waals surface area contributed by atoms with Crippen LogP contribution in [0.15, 0.2) is 18.2 Å². The van der Waals surface area contributed by atoms with Crippen LogP contribution in [-0.4, -0.2) is 39.9 Å². The summed E-state index contributed by atoms with van der Waals surface area (Å²) in [5, 5.41) is 20.4. The van der Waals surface area contributed by atoms with Crippen molar-refractivity contribution < 1.29 is 19.6 Å². The number of aliphatic carboxylic acids is 1. The minimum absolute atomic E-state index is 0.00287. The lowest BCUT2D eigenvalue weighted by Gasteiger charge is -2.23. The van der Waals surface area contributed by atoms with E-state index < -0.39 is 16.3 Å². The van der Waals surface area contributed by atoms with Gasteiger partial charge in [0.15, 0.2) is 0 Å². The Labute approximate surface area is 133 Å². The van der Waals surface area contributed by atoms with Crippen LogP contribution in [-0.2, 0) is 4.79 Å². The zero-order valence-electron chi connectivity index (χ0n) is 12.8. The molecular formula is C16H18N2O5. The Hall–Kier alpha value is -2.44. The summed E-state index contributed by atoms with van der Waals surface area (Å²) in [6.45, 7) is 2.26. The second-order valence-corrected chi connectivity index (χ2v) is 6.49. The molecule has 0 aromatic heterocycles. The number of nitro benzene ring substituents is 1. The maximum absolute atomic E-state index is 12.6. The van der Waals surface area contributed by atoms with E-state index in [1.165, 1.54) is 18.2 Å². The van der Waals surface area contributed by atoms with Crippen molar-refractivity contribution in [2.24, 2.45) is 11.3 Å². The number of likely N-dealkylation sites (tertiary alicyclic amines) is 1. The fraction of sp³-hybridized carbons (Fsp3) is 0.500. The predicted molar refractivity (Wildman–Crippen MR) is 81.1 cm³/mol. The Morgan fingerprint density at radius 1 is 1.43 bits per heavy atom. The number of carbonyl (C=O) groups excluding carboxylic acids is 1. The highest BCUT2D eigenvalue weighted by Crippen LogP contribution is 2.49.